The van der Waals surface area contributed by atoms with Crippen molar-refractivity contribution in [1.29, 1.82) is 5.26 Å². The number of likely N-dealkylation sites (N-methyl/N-ethyl adjacent to an activating group) is 1. The summed E-state index contributed by atoms with van der Waals surface area (Å²) in [5, 5.41) is 15.0. The van der Waals surface area contributed by atoms with E-state index < -0.39 is 6.04 Å². The Kier molecular flexibility index (Phi) is 7.19. The van der Waals surface area contributed by atoms with Crippen molar-refractivity contribution in [2.45, 2.75) is 13.0 Å². The molecule has 0 bridgehead atoms. The number of carbonyl (C=O) groups excluding carboxylic acids is 2. The van der Waals surface area contributed by atoms with E-state index in [0.717, 1.165) is 0 Å². The minimum absolute atomic E-state index is 0.0500. The van der Waals surface area contributed by atoms with Crippen LogP contribution in [0.3, 0.4) is 0 Å². The molecule has 3 N–H and O–H groups in total. The molecule has 2 amide bonds. The van der Waals surface area contributed by atoms with Gasteiger partial charge in [0.1, 0.15) is 0 Å². The van der Waals surface area contributed by atoms with Gasteiger partial charge >= 0.3 is 0 Å². The van der Waals surface area contributed by atoms with Crippen LogP contribution >= 0.6 is 23.2 Å². The molecule has 27 heavy (non-hydrogen) atoms. The van der Waals surface area contributed by atoms with Gasteiger partial charge in [-0.15, -0.1) is 0 Å². The van der Waals surface area contributed by atoms with Crippen LogP contribution in [0.1, 0.15) is 12.5 Å². The molecule has 0 aliphatic rings. The normalized spacial score (nSPS) is 12.6. The number of nitrogens with one attached hydrogen (secondary N) is 3. The topological polar surface area (TPSA) is 86.4 Å². The summed E-state index contributed by atoms with van der Waals surface area (Å²) in [6.45, 7) is 1.77. The van der Waals surface area contributed by atoms with Crippen LogP contribution in [0.5, 0.6) is 0 Å². The number of amides is 2. The molecule has 0 spiro atoms. The number of nitrogens with zero attached hydrogens (tertiary/aromatic N) is 1. The summed E-state index contributed by atoms with van der Waals surface area (Å²) < 4.78 is 0. The summed E-state index contributed by atoms with van der Waals surface area (Å²) in [6.07, 6.45) is 0. The molecule has 0 aliphatic heterocycles. The van der Waals surface area contributed by atoms with Crippen LogP contribution in [0.15, 0.2) is 42.5 Å². The Bertz CT molecular complexity index is 875. The molecule has 0 saturated heterocycles. The molecule has 2 aromatic rings. The molecule has 2 aromatic carbocycles. The highest BCUT2D eigenvalue weighted by atomic mass is 35.5. The van der Waals surface area contributed by atoms with E-state index in [1.165, 1.54) is 0 Å². The van der Waals surface area contributed by atoms with Gasteiger partial charge in [0.15, 0.2) is 12.6 Å². The van der Waals surface area contributed by atoms with Crippen LogP contribution in [-0.4, -0.2) is 31.4 Å². The zero-order chi connectivity index (χ0) is 20.0. The van der Waals surface area contributed by atoms with Crippen LogP contribution in [-0.2, 0) is 9.59 Å². The number of quaternary nitrogens is 1. The van der Waals surface area contributed by atoms with Crippen LogP contribution in [0, 0.1) is 11.3 Å². The fraction of sp³-hybridized carbons (Fsp3) is 0.211. The van der Waals surface area contributed by atoms with Gasteiger partial charge in [-0.25, -0.2) is 0 Å². The van der Waals surface area contributed by atoms with E-state index in [9.17, 15) is 9.59 Å². The lowest BCUT2D eigenvalue weighted by molar-refractivity contribution is -0.885. The van der Waals surface area contributed by atoms with Gasteiger partial charge in [-0.2, -0.15) is 5.26 Å². The molecule has 0 aliphatic carbocycles. The summed E-state index contributed by atoms with van der Waals surface area (Å²) in [6, 6.07) is 13.1. The van der Waals surface area contributed by atoms with E-state index in [1.807, 2.05) is 6.07 Å². The number of hydrogen-bond acceptors (Lipinski definition) is 3. The van der Waals surface area contributed by atoms with Gasteiger partial charge in [0.25, 0.3) is 11.8 Å². The number of nitriles is 1. The number of halogens is 2. The van der Waals surface area contributed by atoms with Gasteiger partial charge in [-0.3, -0.25) is 9.59 Å². The average Bonchev–Trinajstić information content (AvgIpc) is 2.64. The molecule has 1 unspecified atom stereocenters. The van der Waals surface area contributed by atoms with Crippen LogP contribution in [0.4, 0.5) is 11.4 Å². The lowest BCUT2D eigenvalue weighted by atomic mass is 10.2. The molecule has 6 nitrogen and oxygen atoms in total. The third-order valence-corrected chi connectivity index (χ3v) is 4.69. The minimum Gasteiger partial charge on any atom is -0.321 e. The maximum absolute atomic E-state index is 12.4. The maximum Gasteiger partial charge on any atom is 0.282 e. The Labute approximate surface area is 167 Å². The highest BCUT2D eigenvalue weighted by Crippen LogP contribution is 2.29. The molecule has 2 atom stereocenters. The third kappa shape index (κ3) is 5.69. The predicted molar refractivity (Wildman–Crippen MR) is 106 cm³/mol. The first kappa shape index (κ1) is 20.7. The van der Waals surface area contributed by atoms with Crippen molar-refractivity contribution in [3.8, 4) is 6.07 Å². The summed E-state index contributed by atoms with van der Waals surface area (Å²) in [5.41, 5.74) is 1.34. The largest absolute Gasteiger partial charge is 0.321 e. The van der Waals surface area contributed by atoms with E-state index in [2.05, 4.69) is 10.6 Å². The van der Waals surface area contributed by atoms with Crippen molar-refractivity contribution in [2.24, 2.45) is 0 Å². The quantitative estimate of drug-likeness (QED) is 0.689. The van der Waals surface area contributed by atoms with E-state index in [1.54, 1.807) is 56.4 Å². The first-order valence-corrected chi connectivity index (χ1v) is 8.94. The van der Waals surface area contributed by atoms with Crippen LogP contribution in [0.2, 0.25) is 10.0 Å². The second kappa shape index (κ2) is 9.38. The number of benzene rings is 2. The van der Waals surface area contributed by atoms with Crippen molar-refractivity contribution in [2.75, 3.05) is 24.2 Å². The van der Waals surface area contributed by atoms with Crippen LogP contribution < -0.4 is 15.5 Å². The van der Waals surface area contributed by atoms with Crippen molar-refractivity contribution in [3.63, 3.8) is 0 Å². The third-order valence-electron chi connectivity index (χ3n) is 4.06. The Balaban J connectivity index is 1.95. The van der Waals surface area contributed by atoms with E-state index in [-0.39, 0.29) is 18.4 Å². The Morgan fingerprint density at radius 3 is 2.41 bits per heavy atom. The molecule has 0 heterocycles. The Morgan fingerprint density at radius 2 is 1.78 bits per heavy atom. The van der Waals surface area contributed by atoms with Gasteiger partial charge in [0.05, 0.1) is 34.4 Å². The fourth-order valence-electron chi connectivity index (χ4n) is 2.35. The maximum atomic E-state index is 12.4. The Morgan fingerprint density at radius 1 is 1.15 bits per heavy atom. The molecule has 0 fully saturated rings. The van der Waals surface area contributed by atoms with E-state index in [0.29, 0.717) is 31.9 Å². The number of rotatable bonds is 6. The molecular weight excluding hydrogens is 387 g/mol. The smallest absolute Gasteiger partial charge is 0.282 e. The van der Waals surface area contributed by atoms with E-state index >= 15 is 0 Å². The number of carbonyl (C=O) groups is 2. The molecule has 2 rings (SSSR count). The van der Waals surface area contributed by atoms with Crippen molar-refractivity contribution in [1.82, 2.24) is 0 Å². The summed E-state index contributed by atoms with van der Waals surface area (Å²) in [4.78, 5) is 25.4. The first-order valence-electron chi connectivity index (χ1n) is 8.19. The molecule has 0 aromatic heterocycles. The van der Waals surface area contributed by atoms with Crippen molar-refractivity contribution >= 4 is 46.4 Å². The van der Waals surface area contributed by atoms with Gasteiger partial charge in [-0.1, -0.05) is 35.3 Å². The first-order chi connectivity index (χ1) is 12.8. The van der Waals surface area contributed by atoms with Gasteiger partial charge in [0, 0.05) is 5.69 Å². The lowest BCUT2D eigenvalue weighted by Gasteiger charge is -2.21. The summed E-state index contributed by atoms with van der Waals surface area (Å²) in [7, 11) is 1.74. The Hall–Kier alpha value is -2.59. The molecule has 8 heteroatoms. The van der Waals surface area contributed by atoms with Gasteiger partial charge in [0.2, 0.25) is 0 Å². The van der Waals surface area contributed by atoms with Crippen LogP contribution in [0.25, 0.3) is 0 Å². The second-order valence-electron chi connectivity index (χ2n) is 6.07. The second-order valence-corrected chi connectivity index (χ2v) is 6.89. The fourth-order valence-corrected chi connectivity index (χ4v) is 2.84. The zero-order valence-electron chi connectivity index (χ0n) is 14.8. The molecule has 140 valence electrons. The minimum atomic E-state index is -0.497. The predicted octanol–water partition coefficient (Wildman–Crippen LogP) is 2.35. The van der Waals surface area contributed by atoms with E-state index in [4.69, 9.17) is 28.5 Å². The number of anilines is 2. The van der Waals surface area contributed by atoms with Gasteiger partial charge in [-0.05, 0) is 37.3 Å². The number of para-hydroxylation sites is 1. The standard InChI is InChI=1S/C19H18Cl2N4O2/c1-12(19(27)23-14-6-3-5-13(9-14)10-22)25(2)11-17(26)24-18-15(20)7-4-8-16(18)21/h3-9,12H,11H2,1-2H3,(H,23,27)(H,24,26)/p+1/t12-/m0/s1. The van der Waals surface area contributed by atoms with Crippen molar-refractivity contribution < 1.29 is 14.5 Å². The summed E-state index contributed by atoms with van der Waals surface area (Å²) >= 11 is 12.1. The average molecular weight is 406 g/mol. The molecular formula is C19H19Cl2N4O2+. The molecule has 0 radical (unpaired) electrons. The summed E-state index contributed by atoms with van der Waals surface area (Å²) in [5.74, 6) is -0.570. The zero-order valence-corrected chi connectivity index (χ0v) is 16.4. The van der Waals surface area contributed by atoms with Crippen molar-refractivity contribution in [3.05, 3.63) is 58.1 Å². The lowest BCUT2D eigenvalue weighted by Crippen LogP contribution is -3.14. The highest BCUT2D eigenvalue weighted by molar-refractivity contribution is 6.39. The highest BCUT2D eigenvalue weighted by Gasteiger charge is 2.24. The van der Waals surface area contributed by atoms with Gasteiger partial charge < -0.3 is 15.5 Å². The number of hydrogen-bond donors (Lipinski definition) is 3. The SMILES string of the molecule is C[C@@H](C(=O)Nc1cccc(C#N)c1)[NH+](C)CC(=O)Nc1c(Cl)cccc1Cl. The molecule has 0 saturated carbocycles. The monoisotopic (exact) mass is 405 g/mol.